The van der Waals surface area contributed by atoms with Crippen LogP contribution in [0.3, 0.4) is 0 Å². The number of nitrogens with two attached hydrogens (primary N) is 1. The van der Waals surface area contributed by atoms with E-state index in [1.807, 2.05) is 30.3 Å². The van der Waals surface area contributed by atoms with E-state index < -0.39 is 10.0 Å². The van der Waals surface area contributed by atoms with Gasteiger partial charge in [-0.05, 0) is 85.0 Å². The maximum atomic E-state index is 12.8. The number of nitrogens with one attached hydrogen (secondary N) is 1. The standard InChI is InChI=1S/C19H22N2O2S/c20-16-8-10-18-15(11-16)5-2-6-19(18)21-24(22,23)17-9-7-13-3-1-4-14(13)12-17/h7-12,19,21H,1-6,20H2. The third-order valence-electron chi connectivity index (χ3n) is 5.16. The Morgan fingerprint density at radius 3 is 2.58 bits per heavy atom. The minimum atomic E-state index is -3.52. The Labute approximate surface area is 143 Å². The van der Waals surface area contributed by atoms with Crippen LogP contribution in [0.25, 0.3) is 0 Å². The molecule has 1 unspecified atom stereocenters. The highest BCUT2D eigenvalue weighted by molar-refractivity contribution is 7.89. The van der Waals surface area contributed by atoms with Crippen molar-refractivity contribution >= 4 is 15.7 Å². The Kier molecular flexibility index (Phi) is 3.85. The number of fused-ring (bicyclic) bond motifs is 2. The molecule has 4 nitrogen and oxygen atoms in total. The molecule has 2 aromatic carbocycles. The topological polar surface area (TPSA) is 72.2 Å². The van der Waals surface area contributed by atoms with Gasteiger partial charge in [0.1, 0.15) is 0 Å². The summed E-state index contributed by atoms with van der Waals surface area (Å²) >= 11 is 0. The molecule has 0 spiro atoms. The van der Waals surface area contributed by atoms with Crippen molar-refractivity contribution in [1.82, 2.24) is 4.72 Å². The molecular weight excluding hydrogens is 320 g/mol. The molecule has 0 aromatic heterocycles. The third-order valence-corrected chi connectivity index (χ3v) is 6.63. The first-order chi connectivity index (χ1) is 11.5. The van der Waals surface area contributed by atoms with Gasteiger partial charge in [-0.15, -0.1) is 0 Å². The zero-order valence-corrected chi connectivity index (χ0v) is 14.4. The number of anilines is 1. The van der Waals surface area contributed by atoms with Crippen LogP contribution in [-0.2, 0) is 29.3 Å². The van der Waals surface area contributed by atoms with Crippen molar-refractivity contribution in [3.05, 3.63) is 58.7 Å². The van der Waals surface area contributed by atoms with E-state index in [0.717, 1.165) is 55.3 Å². The number of aryl methyl sites for hydroxylation is 3. The number of rotatable bonds is 3. The molecule has 24 heavy (non-hydrogen) atoms. The fourth-order valence-electron chi connectivity index (χ4n) is 3.93. The largest absolute Gasteiger partial charge is 0.399 e. The molecular formula is C19H22N2O2S. The predicted octanol–water partition coefficient (Wildman–Crippen LogP) is 3.11. The lowest BCUT2D eigenvalue weighted by Crippen LogP contribution is -2.31. The van der Waals surface area contributed by atoms with Crippen LogP contribution in [0, 0.1) is 0 Å². The Balaban J connectivity index is 1.63. The van der Waals surface area contributed by atoms with Gasteiger partial charge in [-0.2, -0.15) is 0 Å². The second kappa shape index (κ2) is 5.90. The van der Waals surface area contributed by atoms with Crippen molar-refractivity contribution in [2.75, 3.05) is 5.73 Å². The summed E-state index contributed by atoms with van der Waals surface area (Å²) in [7, 11) is -3.52. The van der Waals surface area contributed by atoms with Crippen LogP contribution in [0.5, 0.6) is 0 Å². The Bertz CT molecular complexity index is 890. The fourth-order valence-corrected chi connectivity index (χ4v) is 5.23. The van der Waals surface area contributed by atoms with Gasteiger partial charge in [0.15, 0.2) is 0 Å². The SMILES string of the molecule is Nc1ccc2c(c1)CCCC2NS(=O)(=O)c1ccc2c(c1)CCC2. The van der Waals surface area contributed by atoms with Crippen molar-refractivity contribution in [1.29, 1.82) is 0 Å². The van der Waals surface area contributed by atoms with Gasteiger partial charge in [-0.3, -0.25) is 0 Å². The first kappa shape index (κ1) is 15.7. The lowest BCUT2D eigenvalue weighted by atomic mass is 9.88. The maximum absolute atomic E-state index is 12.8. The van der Waals surface area contributed by atoms with E-state index in [4.69, 9.17) is 5.73 Å². The molecule has 0 saturated carbocycles. The van der Waals surface area contributed by atoms with E-state index in [1.54, 1.807) is 6.07 Å². The molecule has 0 radical (unpaired) electrons. The van der Waals surface area contributed by atoms with E-state index >= 15 is 0 Å². The van der Waals surface area contributed by atoms with E-state index in [-0.39, 0.29) is 6.04 Å². The van der Waals surface area contributed by atoms with Crippen LogP contribution in [-0.4, -0.2) is 8.42 Å². The summed E-state index contributed by atoms with van der Waals surface area (Å²) in [5, 5.41) is 0. The minimum Gasteiger partial charge on any atom is -0.399 e. The number of hydrogen-bond acceptors (Lipinski definition) is 3. The van der Waals surface area contributed by atoms with Crippen LogP contribution in [0.2, 0.25) is 0 Å². The van der Waals surface area contributed by atoms with Gasteiger partial charge >= 0.3 is 0 Å². The molecule has 0 bridgehead atoms. The molecule has 1 atom stereocenters. The number of nitrogen functional groups attached to an aromatic ring is 1. The average molecular weight is 342 g/mol. The summed E-state index contributed by atoms with van der Waals surface area (Å²) in [5.41, 5.74) is 11.3. The lowest BCUT2D eigenvalue weighted by molar-refractivity contribution is 0.507. The van der Waals surface area contributed by atoms with Gasteiger partial charge in [0, 0.05) is 11.7 Å². The van der Waals surface area contributed by atoms with Crippen molar-refractivity contribution in [3.63, 3.8) is 0 Å². The van der Waals surface area contributed by atoms with Gasteiger partial charge in [-0.25, -0.2) is 13.1 Å². The molecule has 0 heterocycles. The first-order valence-corrected chi connectivity index (χ1v) is 10.0. The van der Waals surface area contributed by atoms with Crippen LogP contribution in [0.15, 0.2) is 41.3 Å². The molecule has 4 rings (SSSR count). The number of hydrogen-bond donors (Lipinski definition) is 2. The van der Waals surface area contributed by atoms with Crippen molar-refractivity contribution in [2.45, 2.75) is 49.5 Å². The van der Waals surface area contributed by atoms with Crippen LogP contribution >= 0.6 is 0 Å². The van der Waals surface area contributed by atoms with Crippen molar-refractivity contribution < 1.29 is 8.42 Å². The molecule has 2 aromatic rings. The second-order valence-electron chi connectivity index (χ2n) is 6.81. The molecule has 3 N–H and O–H groups in total. The Hall–Kier alpha value is -1.85. The highest BCUT2D eigenvalue weighted by atomic mass is 32.2. The highest BCUT2D eigenvalue weighted by Gasteiger charge is 2.26. The second-order valence-corrected chi connectivity index (χ2v) is 8.52. The average Bonchev–Trinajstić information content (AvgIpc) is 3.02. The third kappa shape index (κ3) is 2.82. The zero-order valence-electron chi connectivity index (χ0n) is 13.6. The maximum Gasteiger partial charge on any atom is 0.241 e. The van der Waals surface area contributed by atoms with Gasteiger partial charge < -0.3 is 5.73 Å². The summed E-state index contributed by atoms with van der Waals surface area (Å²) in [6.45, 7) is 0. The zero-order chi connectivity index (χ0) is 16.7. The lowest BCUT2D eigenvalue weighted by Gasteiger charge is -2.26. The predicted molar refractivity (Wildman–Crippen MR) is 95.3 cm³/mol. The molecule has 5 heteroatoms. The van der Waals surface area contributed by atoms with Crippen LogP contribution in [0.1, 0.15) is 47.6 Å². The molecule has 0 amide bonds. The van der Waals surface area contributed by atoms with Gasteiger partial charge in [-0.1, -0.05) is 12.1 Å². The molecule has 2 aliphatic rings. The van der Waals surface area contributed by atoms with E-state index in [1.165, 1.54) is 11.1 Å². The quantitative estimate of drug-likeness (QED) is 0.842. The normalized spacial score (nSPS) is 19.8. The summed E-state index contributed by atoms with van der Waals surface area (Å²) in [6, 6.07) is 11.1. The number of benzene rings is 2. The van der Waals surface area contributed by atoms with E-state index in [9.17, 15) is 8.42 Å². The monoisotopic (exact) mass is 342 g/mol. The van der Waals surface area contributed by atoms with Crippen LogP contribution < -0.4 is 10.5 Å². The first-order valence-electron chi connectivity index (χ1n) is 8.55. The summed E-state index contributed by atoms with van der Waals surface area (Å²) in [6.07, 6.45) is 5.89. The Morgan fingerprint density at radius 1 is 0.917 bits per heavy atom. The molecule has 0 fully saturated rings. The van der Waals surface area contributed by atoms with Gasteiger partial charge in [0.05, 0.1) is 4.90 Å². The summed E-state index contributed by atoms with van der Waals surface area (Å²) in [4.78, 5) is 0.380. The smallest absolute Gasteiger partial charge is 0.241 e. The van der Waals surface area contributed by atoms with Gasteiger partial charge in [0.2, 0.25) is 10.0 Å². The molecule has 0 saturated heterocycles. The van der Waals surface area contributed by atoms with Crippen LogP contribution in [0.4, 0.5) is 5.69 Å². The summed E-state index contributed by atoms with van der Waals surface area (Å²) < 4.78 is 28.6. The molecule has 2 aliphatic carbocycles. The van der Waals surface area contributed by atoms with E-state index in [2.05, 4.69) is 4.72 Å². The highest BCUT2D eigenvalue weighted by Crippen LogP contribution is 2.32. The van der Waals surface area contributed by atoms with E-state index in [0.29, 0.717) is 4.90 Å². The van der Waals surface area contributed by atoms with Gasteiger partial charge in [0.25, 0.3) is 0 Å². The fraction of sp³-hybridized carbons (Fsp3) is 0.368. The molecule has 0 aliphatic heterocycles. The van der Waals surface area contributed by atoms with Crippen molar-refractivity contribution in [2.24, 2.45) is 0 Å². The van der Waals surface area contributed by atoms with Crippen molar-refractivity contribution in [3.8, 4) is 0 Å². The summed E-state index contributed by atoms with van der Waals surface area (Å²) in [5.74, 6) is 0. The number of sulfonamides is 1. The molecule has 126 valence electrons. The Morgan fingerprint density at radius 2 is 1.71 bits per heavy atom. The minimum absolute atomic E-state index is 0.174.